The fraction of sp³-hybridized carbons (Fsp3) is 0.500. The van der Waals surface area contributed by atoms with Crippen LogP contribution in [0.25, 0.3) is 0 Å². The van der Waals surface area contributed by atoms with E-state index in [1.807, 2.05) is 6.92 Å². The third-order valence-corrected chi connectivity index (χ3v) is 4.48. The van der Waals surface area contributed by atoms with Crippen molar-refractivity contribution in [3.8, 4) is 0 Å². The van der Waals surface area contributed by atoms with Crippen molar-refractivity contribution in [3.63, 3.8) is 0 Å². The van der Waals surface area contributed by atoms with E-state index in [-0.39, 0.29) is 12.0 Å². The number of carbonyl (C=O) groups is 1. The molecule has 0 fully saturated rings. The van der Waals surface area contributed by atoms with Crippen LogP contribution in [0.4, 0.5) is 8.78 Å². The van der Waals surface area contributed by atoms with E-state index in [0.717, 1.165) is 5.56 Å². The Morgan fingerprint density at radius 2 is 1.80 bits per heavy atom. The summed E-state index contributed by atoms with van der Waals surface area (Å²) in [5.74, 6) is -4.18. The highest BCUT2D eigenvalue weighted by Gasteiger charge is 2.40. The summed E-state index contributed by atoms with van der Waals surface area (Å²) in [6.07, 6.45) is -0.826. The molecule has 0 spiro atoms. The smallest absolute Gasteiger partial charge is 0.303 e. The van der Waals surface area contributed by atoms with Crippen molar-refractivity contribution in [2.24, 2.45) is 5.41 Å². The molecule has 0 aliphatic carbocycles. The van der Waals surface area contributed by atoms with Gasteiger partial charge in [-0.25, -0.2) is 8.78 Å². The number of hydrogen-bond donors (Lipinski definition) is 1. The first-order chi connectivity index (χ1) is 8.94. The van der Waals surface area contributed by atoms with E-state index in [4.69, 9.17) is 5.11 Å². The molecule has 0 unspecified atom stereocenters. The molecule has 0 atom stereocenters. The maximum Gasteiger partial charge on any atom is 0.303 e. The van der Waals surface area contributed by atoms with Crippen LogP contribution in [0.3, 0.4) is 0 Å². The standard InChI is InChI=1S/C14H16Br2F2O2/c1-8-4-11(16)9(5-10(8)15)14(17,18)7-13(2,3)6-12(19)20/h4-5H,6-7H2,1-3H3,(H,19,20). The minimum Gasteiger partial charge on any atom is -0.481 e. The molecule has 0 heterocycles. The first-order valence-electron chi connectivity index (χ1n) is 6.00. The fourth-order valence-electron chi connectivity index (χ4n) is 2.09. The van der Waals surface area contributed by atoms with Gasteiger partial charge in [0.2, 0.25) is 0 Å². The lowest BCUT2D eigenvalue weighted by molar-refractivity contribution is -0.140. The zero-order valence-electron chi connectivity index (χ0n) is 11.4. The van der Waals surface area contributed by atoms with Crippen LogP contribution in [0.5, 0.6) is 0 Å². The van der Waals surface area contributed by atoms with E-state index in [9.17, 15) is 13.6 Å². The molecule has 0 amide bonds. The van der Waals surface area contributed by atoms with Gasteiger partial charge in [-0.3, -0.25) is 4.79 Å². The van der Waals surface area contributed by atoms with Crippen LogP contribution in [-0.4, -0.2) is 11.1 Å². The van der Waals surface area contributed by atoms with Crippen LogP contribution < -0.4 is 0 Å². The SMILES string of the molecule is Cc1cc(Br)c(C(F)(F)CC(C)(C)CC(=O)O)cc1Br. The molecule has 1 N–H and O–H groups in total. The van der Waals surface area contributed by atoms with Gasteiger partial charge in [-0.15, -0.1) is 0 Å². The predicted octanol–water partition coefficient (Wildman–Crippen LogP) is 5.50. The number of aryl methyl sites for hydroxylation is 1. The number of benzene rings is 1. The summed E-state index contributed by atoms with van der Waals surface area (Å²) < 4.78 is 29.8. The monoisotopic (exact) mass is 412 g/mol. The number of carboxylic acids is 1. The Bertz CT molecular complexity index is 528. The van der Waals surface area contributed by atoms with Crippen molar-refractivity contribution in [2.45, 2.75) is 39.5 Å². The zero-order chi connectivity index (χ0) is 15.7. The number of carboxylic acid groups (broad SMARTS) is 1. The van der Waals surface area contributed by atoms with E-state index >= 15 is 0 Å². The molecule has 1 aromatic rings. The van der Waals surface area contributed by atoms with Gasteiger partial charge in [0.25, 0.3) is 5.92 Å². The molecule has 0 aromatic heterocycles. The lowest BCUT2D eigenvalue weighted by atomic mass is 9.81. The molecule has 6 heteroatoms. The Morgan fingerprint density at radius 3 is 2.30 bits per heavy atom. The molecule has 20 heavy (non-hydrogen) atoms. The van der Waals surface area contributed by atoms with E-state index in [1.165, 1.54) is 19.9 Å². The summed E-state index contributed by atoms with van der Waals surface area (Å²) in [6.45, 7) is 4.88. The largest absolute Gasteiger partial charge is 0.481 e. The Morgan fingerprint density at radius 1 is 1.25 bits per heavy atom. The second kappa shape index (κ2) is 6.10. The third-order valence-electron chi connectivity index (χ3n) is 2.97. The average Bonchev–Trinajstić information content (AvgIpc) is 2.19. The Hall–Kier alpha value is -0.490. The molecular weight excluding hydrogens is 398 g/mol. The van der Waals surface area contributed by atoms with Gasteiger partial charge >= 0.3 is 5.97 Å². The first kappa shape index (κ1) is 17.6. The summed E-state index contributed by atoms with van der Waals surface area (Å²) >= 11 is 6.40. The summed E-state index contributed by atoms with van der Waals surface area (Å²) in [4.78, 5) is 10.7. The van der Waals surface area contributed by atoms with Crippen molar-refractivity contribution in [2.75, 3.05) is 0 Å². The summed E-state index contributed by atoms with van der Waals surface area (Å²) in [7, 11) is 0. The lowest BCUT2D eigenvalue weighted by Gasteiger charge is -2.29. The van der Waals surface area contributed by atoms with Gasteiger partial charge in [0.1, 0.15) is 0 Å². The number of hydrogen-bond acceptors (Lipinski definition) is 1. The molecular formula is C14H16Br2F2O2. The lowest BCUT2D eigenvalue weighted by Crippen LogP contribution is -2.27. The molecule has 0 saturated carbocycles. The Kier molecular flexibility index (Phi) is 5.35. The molecule has 0 aliphatic heterocycles. The topological polar surface area (TPSA) is 37.3 Å². The van der Waals surface area contributed by atoms with Gasteiger partial charge in [0.15, 0.2) is 0 Å². The van der Waals surface area contributed by atoms with Gasteiger partial charge in [0, 0.05) is 20.9 Å². The fourth-order valence-corrected chi connectivity index (χ4v) is 3.19. The number of aliphatic carboxylic acids is 1. The number of halogens is 4. The van der Waals surface area contributed by atoms with Gasteiger partial charge in [-0.2, -0.15) is 0 Å². The Balaban J connectivity index is 3.11. The molecule has 0 bridgehead atoms. The van der Waals surface area contributed by atoms with Crippen LogP contribution in [0.1, 0.15) is 37.8 Å². The maximum atomic E-state index is 14.4. The first-order valence-corrected chi connectivity index (χ1v) is 7.59. The maximum absolute atomic E-state index is 14.4. The van der Waals surface area contributed by atoms with Crippen molar-refractivity contribution in [3.05, 3.63) is 32.2 Å². The van der Waals surface area contributed by atoms with E-state index in [0.29, 0.717) is 8.95 Å². The molecule has 2 nitrogen and oxygen atoms in total. The normalized spacial score (nSPS) is 12.6. The van der Waals surface area contributed by atoms with E-state index in [1.54, 1.807) is 6.07 Å². The highest BCUT2D eigenvalue weighted by atomic mass is 79.9. The predicted molar refractivity (Wildman–Crippen MR) is 81.1 cm³/mol. The zero-order valence-corrected chi connectivity index (χ0v) is 14.6. The highest BCUT2D eigenvalue weighted by molar-refractivity contribution is 9.11. The highest BCUT2D eigenvalue weighted by Crippen LogP contribution is 2.45. The second-order valence-corrected chi connectivity index (χ2v) is 7.41. The van der Waals surface area contributed by atoms with Gasteiger partial charge in [-0.1, -0.05) is 45.7 Å². The summed E-state index contributed by atoms with van der Waals surface area (Å²) in [6, 6.07) is 3.01. The molecule has 0 aliphatic rings. The van der Waals surface area contributed by atoms with Crippen LogP contribution in [0.15, 0.2) is 21.1 Å². The molecule has 112 valence electrons. The van der Waals surface area contributed by atoms with Crippen molar-refractivity contribution >= 4 is 37.8 Å². The van der Waals surface area contributed by atoms with Crippen LogP contribution >= 0.6 is 31.9 Å². The van der Waals surface area contributed by atoms with Crippen LogP contribution in [-0.2, 0) is 10.7 Å². The van der Waals surface area contributed by atoms with Gasteiger partial charge in [-0.05, 0) is 30.0 Å². The Labute approximate surface area is 133 Å². The van der Waals surface area contributed by atoms with Gasteiger partial charge < -0.3 is 5.11 Å². The van der Waals surface area contributed by atoms with E-state index < -0.39 is 23.7 Å². The van der Waals surface area contributed by atoms with E-state index in [2.05, 4.69) is 31.9 Å². The van der Waals surface area contributed by atoms with Gasteiger partial charge in [0.05, 0.1) is 6.42 Å². The van der Waals surface area contributed by atoms with Crippen molar-refractivity contribution in [1.29, 1.82) is 0 Å². The molecule has 0 saturated heterocycles. The molecule has 0 radical (unpaired) electrons. The van der Waals surface area contributed by atoms with Crippen LogP contribution in [0, 0.1) is 12.3 Å². The van der Waals surface area contributed by atoms with Crippen molar-refractivity contribution in [1.82, 2.24) is 0 Å². The van der Waals surface area contributed by atoms with Crippen LogP contribution in [0.2, 0.25) is 0 Å². The summed E-state index contributed by atoms with van der Waals surface area (Å²) in [5.41, 5.74) is -0.277. The number of alkyl halides is 2. The minimum atomic E-state index is -3.10. The second-order valence-electron chi connectivity index (χ2n) is 5.70. The van der Waals surface area contributed by atoms with Crippen molar-refractivity contribution < 1.29 is 18.7 Å². The third kappa shape index (κ3) is 4.52. The minimum absolute atomic E-state index is 0.131. The average molecular weight is 414 g/mol. The number of rotatable bonds is 5. The molecule has 1 aromatic carbocycles. The quantitative estimate of drug-likeness (QED) is 0.691. The summed E-state index contributed by atoms with van der Waals surface area (Å²) in [5, 5.41) is 8.79. The molecule has 1 rings (SSSR count).